The molecule has 1 aliphatic rings. The van der Waals surface area contributed by atoms with Gasteiger partial charge in [-0.2, -0.15) is 0 Å². The molecule has 0 saturated carbocycles. The van der Waals surface area contributed by atoms with Gasteiger partial charge >= 0.3 is 0 Å². The molecule has 1 aromatic carbocycles. The second kappa shape index (κ2) is 9.54. The van der Waals surface area contributed by atoms with E-state index in [2.05, 4.69) is 10.3 Å². The smallest absolute Gasteiger partial charge is 0.262 e. The molecule has 0 fully saturated rings. The topological polar surface area (TPSA) is 56.2 Å². The highest BCUT2D eigenvalue weighted by Gasteiger charge is 2.25. The molecule has 2 aromatic heterocycles. The number of nitrogens with one attached hydrogen (secondary N) is 1. The minimum atomic E-state index is -0.826. The second-order valence-electron chi connectivity index (χ2n) is 8.23. The Balaban J connectivity index is 1.45. The van der Waals surface area contributed by atoms with E-state index in [9.17, 15) is 13.6 Å². The zero-order valence-electron chi connectivity index (χ0n) is 17.8. The van der Waals surface area contributed by atoms with Gasteiger partial charge in [-0.1, -0.05) is 12.1 Å². The van der Waals surface area contributed by atoms with Gasteiger partial charge in [-0.25, -0.2) is 13.8 Å². The Morgan fingerprint density at radius 2 is 2.19 bits per heavy atom. The van der Waals surface area contributed by atoms with Crippen LogP contribution >= 0.6 is 11.3 Å². The lowest BCUT2D eigenvalue weighted by atomic mass is 9.93. The Labute approximate surface area is 184 Å². The zero-order valence-corrected chi connectivity index (χ0v) is 18.6. The minimum absolute atomic E-state index is 0.0142. The van der Waals surface area contributed by atoms with Crippen LogP contribution in [-0.2, 0) is 30.7 Å². The lowest BCUT2D eigenvalue weighted by molar-refractivity contribution is 0.0747. The Kier molecular flexibility index (Phi) is 6.79. The largest absolute Gasteiger partial charge is 0.379 e. The first-order valence-electron chi connectivity index (χ1n) is 10.7. The lowest BCUT2D eigenvalue weighted by Gasteiger charge is -2.23. The van der Waals surface area contributed by atoms with E-state index in [1.165, 1.54) is 6.07 Å². The number of aromatic nitrogens is 2. The van der Waals surface area contributed by atoms with E-state index >= 15 is 0 Å². The minimum Gasteiger partial charge on any atom is -0.379 e. The summed E-state index contributed by atoms with van der Waals surface area (Å²) in [6.07, 6.45) is 4.95. The predicted molar refractivity (Wildman–Crippen MR) is 119 cm³/mol. The van der Waals surface area contributed by atoms with Crippen molar-refractivity contribution in [3.8, 4) is 0 Å². The Morgan fingerprint density at radius 1 is 1.35 bits per heavy atom. The number of fused-ring (bicyclic) bond motifs is 3. The summed E-state index contributed by atoms with van der Waals surface area (Å²) in [4.78, 5) is 19.5. The van der Waals surface area contributed by atoms with Crippen LogP contribution in [0.5, 0.6) is 0 Å². The van der Waals surface area contributed by atoms with Crippen LogP contribution in [0.3, 0.4) is 0 Å². The third kappa shape index (κ3) is 4.86. The van der Waals surface area contributed by atoms with Gasteiger partial charge in [0.1, 0.15) is 4.83 Å². The molecule has 1 atom stereocenters. The third-order valence-corrected chi connectivity index (χ3v) is 6.81. The van der Waals surface area contributed by atoms with Crippen molar-refractivity contribution in [3.63, 3.8) is 0 Å². The van der Waals surface area contributed by atoms with Crippen LogP contribution in [0.4, 0.5) is 8.78 Å². The van der Waals surface area contributed by atoms with Gasteiger partial charge < -0.3 is 10.1 Å². The van der Waals surface area contributed by atoms with Crippen molar-refractivity contribution in [2.75, 3.05) is 6.61 Å². The Hall–Kier alpha value is -2.16. The summed E-state index contributed by atoms with van der Waals surface area (Å²) in [6.45, 7) is 5.46. The Bertz CT molecular complexity index is 1130. The van der Waals surface area contributed by atoms with Crippen molar-refractivity contribution in [1.82, 2.24) is 14.9 Å². The van der Waals surface area contributed by atoms with E-state index in [-0.39, 0.29) is 24.2 Å². The van der Waals surface area contributed by atoms with Gasteiger partial charge in [-0.3, -0.25) is 9.36 Å². The van der Waals surface area contributed by atoms with Crippen LogP contribution in [0.1, 0.15) is 42.7 Å². The molecule has 4 rings (SSSR count). The molecule has 166 valence electrons. The van der Waals surface area contributed by atoms with Crippen molar-refractivity contribution < 1.29 is 13.5 Å². The summed E-state index contributed by atoms with van der Waals surface area (Å²) < 4.78 is 34.6. The second-order valence-corrected chi connectivity index (χ2v) is 9.32. The van der Waals surface area contributed by atoms with Crippen LogP contribution in [0.25, 0.3) is 10.2 Å². The number of hydrogen-bond acceptors (Lipinski definition) is 5. The van der Waals surface area contributed by atoms with Crippen LogP contribution in [0.15, 0.2) is 29.3 Å². The van der Waals surface area contributed by atoms with Crippen molar-refractivity contribution >= 4 is 21.6 Å². The highest BCUT2D eigenvalue weighted by atomic mass is 32.1. The molecule has 8 heteroatoms. The Morgan fingerprint density at radius 3 is 3.00 bits per heavy atom. The first kappa shape index (κ1) is 22.0. The van der Waals surface area contributed by atoms with E-state index < -0.39 is 11.6 Å². The average molecular weight is 448 g/mol. The zero-order chi connectivity index (χ0) is 22.0. The molecule has 0 radical (unpaired) electrons. The van der Waals surface area contributed by atoms with Gasteiger partial charge in [0.25, 0.3) is 5.56 Å². The first-order valence-corrected chi connectivity index (χ1v) is 11.5. The maximum Gasteiger partial charge on any atom is 0.262 e. The van der Waals surface area contributed by atoms with Crippen LogP contribution in [0.2, 0.25) is 0 Å². The van der Waals surface area contributed by atoms with E-state index in [0.29, 0.717) is 18.7 Å². The van der Waals surface area contributed by atoms with E-state index in [1.54, 1.807) is 28.3 Å². The highest BCUT2D eigenvalue weighted by Crippen LogP contribution is 2.33. The molecule has 3 aromatic rings. The molecule has 1 aliphatic carbocycles. The molecule has 0 aliphatic heterocycles. The summed E-state index contributed by atoms with van der Waals surface area (Å²) >= 11 is 1.56. The molecule has 5 nitrogen and oxygen atoms in total. The number of aryl methyl sites for hydroxylation is 2. The number of benzene rings is 1. The molecule has 2 heterocycles. The molecule has 0 saturated heterocycles. The summed E-state index contributed by atoms with van der Waals surface area (Å²) in [5, 5.41) is 4.08. The third-order valence-electron chi connectivity index (χ3n) is 5.64. The number of nitrogens with zero attached hydrogens (tertiary/aromatic N) is 2. The fraction of sp³-hybridized carbons (Fsp3) is 0.478. The van der Waals surface area contributed by atoms with E-state index in [0.717, 1.165) is 52.4 Å². The average Bonchev–Trinajstić information content (AvgIpc) is 3.12. The molecule has 0 bridgehead atoms. The maximum atomic E-state index is 13.9. The maximum absolute atomic E-state index is 13.9. The van der Waals surface area contributed by atoms with Gasteiger partial charge in [-0.15, -0.1) is 11.3 Å². The van der Waals surface area contributed by atoms with Gasteiger partial charge in [0, 0.05) is 36.2 Å². The molecular weight excluding hydrogens is 420 g/mol. The van der Waals surface area contributed by atoms with Crippen molar-refractivity contribution in [2.45, 2.75) is 64.8 Å². The number of halogens is 2. The fourth-order valence-electron chi connectivity index (χ4n) is 4.03. The molecule has 31 heavy (non-hydrogen) atoms. The molecule has 0 spiro atoms. The van der Waals surface area contributed by atoms with Crippen molar-refractivity contribution in [2.24, 2.45) is 0 Å². The predicted octanol–water partition coefficient (Wildman–Crippen LogP) is 4.20. The quantitative estimate of drug-likeness (QED) is 0.526. The normalized spacial score (nSPS) is 16.2. The number of ether oxygens (including phenoxy) is 1. The van der Waals surface area contributed by atoms with Gasteiger partial charge in [0.2, 0.25) is 0 Å². The van der Waals surface area contributed by atoms with Crippen LogP contribution in [0, 0.1) is 11.6 Å². The number of thiophene rings is 1. The summed E-state index contributed by atoms with van der Waals surface area (Å²) in [6, 6.07) is 4.39. The van der Waals surface area contributed by atoms with Crippen LogP contribution in [-0.4, -0.2) is 28.3 Å². The molecule has 1 unspecified atom stereocenters. The lowest BCUT2D eigenvalue weighted by Crippen LogP contribution is -2.34. The van der Waals surface area contributed by atoms with E-state index in [1.807, 2.05) is 13.8 Å². The summed E-state index contributed by atoms with van der Waals surface area (Å²) in [5.74, 6) is -1.62. The van der Waals surface area contributed by atoms with Crippen molar-refractivity contribution in [3.05, 3.63) is 62.5 Å². The number of hydrogen-bond donors (Lipinski definition) is 1. The van der Waals surface area contributed by atoms with Crippen molar-refractivity contribution in [1.29, 1.82) is 0 Å². The molecular formula is C23H27F2N3O2S. The fourth-order valence-corrected chi connectivity index (χ4v) is 5.29. The SMILES string of the molecule is CC(C)OCCCn1cnc2sc3c(c2c1=O)CCC(NCc1cccc(F)c1F)C3. The molecule has 1 N–H and O–H groups in total. The van der Waals surface area contributed by atoms with E-state index in [4.69, 9.17) is 4.74 Å². The van der Waals surface area contributed by atoms with Crippen LogP contribution < -0.4 is 10.9 Å². The molecule has 0 amide bonds. The summed E-state index contributed by atoms with van der Waals surface area (Å²) in [5.41, 5.74) is 1.44. The first-order chi connectivity index (χ1) is 14.9. The van der Waals surface area contributed by atoms with Gasteiger partial charge in [0.15, 0.2) is 11.6 Å². The summed E-state index contributed by atoms with van der Waals surface area (Å²) in [7, 11) is 0. The number of rotatable bonds is 8. The van der Waals surface area contributed by atoms with Gasteiger partial charge in [-0.05, 0) is 51.2 Å². The van der Waals surface area contributed by atoms with Gasteiger partial charge in [0.05, 0.1) is 17.8 Å². The highest BCUT2D eigenvalue weighted by molar-refractivity contribution is 7.18. The monoisotopic (exact) mass is 447 g/mol. The standard InChI is InChI=1S/C23H27F2N3O2S/c1-14(2)30-10-4-9-28-13-27-22-20(23(28)29)17-8-7-16(11-19(17)31-22)26-12-15-5-3-6-18(24)21(15)25/h3,5-6,13-14,16,26H,4,7-12H2,1-2H3.